The Kier molecular flexibility index (Phi) is 15.3. The number of rotatable bonds is 11. The molecular formula is C54H88O21. The molecule has 21 heteroatoms. The highest BCUT2D eigenvalue weighted by Gasteiger charge is 2.77. The summed E-state index contributed by atoms with van der Waals surface area (Å²) in [7, 11) is 0. The number of aliphatic hydroxyl groups is 13. The smallest absolute Gasteiger partial charge is 0.187 e. The number of hydrogen-bond acceptors (Lipinski definition) is 21. The van der Waals surface area contributed by atoms with E-state index in [0.29, 0.717) is 18.8 Å². The fraction of sp³-hybridized carbons (Fsp3) is 0.963. The average molecular weight is 1070 g/mol. The molecule has 0 amide bonds. The highest BCUT2D eigenvalue weighted by Crippen LogP contribution is 2.79. The first kappa shape index (κ1) is 57.1. The third-order valence-corrected chi connectivity index (χ3v) is 22.3. The zero-order valence-corrected chi connectivity index (χ0v) is 44.5. The zero-order chi connectivity index (χ0) is 54.3. The molecule has 1 spiro atoms. The van der Waals surface area contributed by atoms with Crippen molar-refractivity contribution in [1.82, 2.24) is 0 Å². The molecular weight excluding hydrogens is 985 g/mol. The predicted octanol–water partition coefficient (Wildman–Crippen LogP) is -0.924. The molecule has 30 atom stereocenters. The van der Waals surface area contributed by atoms with E-state index in [1.54, 1.807) is 0 Å². The first-order chi connectivity index (χ1) is 35.2. The Morgan fingerprint density at radius 1 is 0.560 bits per heavy atom. The molecule has 5 aliphatic heterocycles. The molecule has 430 valence electrons. The Bertz CT molecular complexity index is 2070. The molecule has 0 aromatic carbocycles. The van der Waals surface area contributed by atoms with E-state index in [1.807, 2.05) is 6.92 Å². The lowest BCUT2D eigenvalue weighted by atomic mass is 9.32. The van der Waals surface area contributed by atoms with Gasteiger partial charge in [0.25, 0.3) is 0 Å². The molecule has 10 aliphatic rings. The topological polar surface area (TPSA) is 337 Å². The van der Waals surface area contributed by atoms with Gasteiger partial charge in [-0.25, -0.2) is 0 Å². The summed E-state index contributed by atoms with van der Waals surface area (Å²) in [4.78, 5) is 0. The monoisotopic (exact) mass is 1070 g/mol. The first-order valence-corrected chi connectivity index (χ1v) is 27.7. The van der Waals surface area contributed by atoms with Crippen LogP contribution < -0.4 is 0 Å². The number of fused-ring (bicyclic) bond motifs is 4. The predicted molar refractivity (Wildman–Crippen MR) is 259 cm³/mol. The summed E-state index contributed by atoms with van der Waals surface area (Å²) in [6.45, 7) is 14.5. The van der Waals surface area contributed by atoms with Crippen molar-refractivity contribution >= 4 is 0 Å². The molecule has 0 aromatic heterocycles. The van der Waals surface area contributed by atoms with Crippen molar-refractivity contribution in [2.24, 2.45) is 56.2 Å². The Balaban J connectivity index is 0.932. The minimum Gasteiger partial charge on any atom is -0.396 e. The summed E-state index contributed by atoms with van der Waals surface area (Å²) >= 11 is 0. The molecule has 10 rings (SSSR count). The van der Waals surface area contributed by atoms with Gasteiger partial charge in [0.2, 0.25) is 0 Å². The Morgan fingerprint density at radius 3 is 1.89 bits per heavy atom. The van der Waals surface area contributed by atoms with Gasteiger partial charge in [-0.05, 0) is 105 Å². The van der Waals surface area contributed by atoms with Gasteiger partial charge in [-0.2, -0.15) is 0 Å². The van der Waals surface area contributed by atoms with E-state index >= 15 is 0 Å². The van der Waals surface area contributed by atoms with E-state index in [-0.39, 0.29) is 57.5 Å². The lowest BCUT2D eigenvalue weighted by Crippen LogP contribution is -2.71. The van der Waals surface area contributed by atoms with Crippen molar-refractivity contribution in [3.05, 3.63) is 12.2 Å². The van der Waals surface area contributed by atoms with Gasteiger partial charge >= 0.3 is 0 Å². The second-order valence-corrected chi connectivity index (χ2v) is 26.6. The molecule has 21 nitrogen and oxygen atoms in total. The quantitative estimate of drug-likeness (QED) is 0.0879. The number of allylic oxidation sites excluding steroid dienone is 1. The van der Waals surface area contributed by atoms with Gasteiger partial charge in [0.1, 0.15) is 73.2 Å². The van der Waals surface area contributed by atoms with E-state index in [4.69, 9.17) is 37.9 Å². The van der Waals surface area contributed by atoms with Crippen molar-refractivity contribution in [1.29, 1.82) is 0 Å². The largest absolute Gasteiger partial charge is 0.396 e. The molecule has 75 heavy (non-hydrogen) atoms. The van der Waals surface area contributed by atoms with E-state index < -0.39 is 147 Å². The lowest BCUT2D eigenvalue weighted by molar-refractivity contribution is -0.394. The standard InChI is InChI=1S/C54H88O21/c1-24-33(58)36(61)39(64)46(69-24)74-43-28(21-56)71-47(40(65)38(43)63)73-42-25(18-26-34(59)37(62)35(60)27(20-55)70-26)45(75-44(67)41(42)66)72-32-10-11-49(4)29(50(32,5)22-57)8-12-51(6)30(49)9-13-54-31-19-48(2,3)14-16-53(31,23-68-54)17-15-52(51,54)7/h9,13,24-47,55-67H,8,10-12,14-23H2,1-7H3/t24-,25+,26-,27+,28+,29+,30+,31+,32-,33-,34+,35+,36+,37-,38+,39+,40+,41+,42+,43+,44-,45+,46-,47-,49-,50-,51+,52-,53+,54+/m0/s1. The molecule has 5 heterocycles. The lowest BCUT2D eigenvalue weighted by Gasteiger charge is -2.73. The number of aliphatic hydroxyl groups excluding tert-OH is 13. The Labute approximate surface area is 439 Å². The third-order valence-electron chi connectivity index (χ3n) is 22.3. The summed E-state index contributed by atoms with van der Waals surface area (Å²) < 4.78 is 49.9. The van der Waals surface area contributed by atoms with Crippen LogP contribution in [-0.2, 0) is 37.9 Å². The minimum atomic E-state index is -2.02. The van der Waals surface area contributed by atoms with Crippen LogP contribution in [0.1, 0.15) is 113 Å². The Hall–Kier alpha value is -1.10. The second-order valence-electron chi connectivity index (χ2n) is 26.6. The second kappa shape index (κ2) is 20.1. The van der Waals surface area contributed by atoms with Crippen molar-refractivity contribution in [3.63, 3.8) is 0 Å². The average Bonchev–Trinajstić information content (AvgIpc) is 3.63. The molecule has 2 bridgehead atoms. The van der Waals surface area contributed by atoms with Gasteiger partial charge in [-0.3, -0.25) is 0 Å². The van der Waals surface area contributed by atoms with Gasteiger partial charge in [-0.1, -0.05) is 53.7 Å². The van der Waals surface area contributed by atoms with Crippen molar-refractivity contribution in [2.75, 3.05) is 26.4 Å². The highest BCUT2D eigenvalue weighted by atomic mass is 16.8. The molecule has 13 N–H and O–H groups in total. The van der Waals surface area contributed by atoms with Gasteiger partial charge in [0.05, 0.1) is 56.4 Å². The maximum Gasteiger partial charge on any atom is 0.187 e. The number of hydrogen-bond donors (Lipinski definition) is 13. The summed E-state index contributed by atoms with van der Waals surface area (Å²) in [6.07, 6.45) is -19.4. The fourth-order valence-corrected chi connectivity index (χ4v) is 17.5. The first-order valence-electron chi connectivity index (χ1n) is 27.7. The van der Waals surface area contributed by atoms with E-state index in [2.05, 4.69) is 46.8 Å². The maximum atomic E-state index is 11.8. The normalized spacial score (nSPS) is 58.3. The Morgan fingerprint density at radius 2 is 1.20 bits per heavy atom. The number of ether oxygens (including phenoxy) is 8. The van der Waals surface area contributed by atoms with Crippen LogP contribution in [0, 0.1) is 56.2 Å². The van der Waals surface area contributed by atoms with Crippen molar-refractivity contribution < 1.29 is 104 Å². The molecule has 9 fully saturated rings. The molecule has 0 radical (unpaired) electrons. The van der Waals surface area contributed by atoms with Gasteiger partial charge in [0, 0.05) is 22.7 Å². The molecule has 5 saturated heterocycles. The van der Waals surface area contributed by atoms with Crippen LogP contribution in [0.5, 0.6) is 0 Å². The van der Waals surface area contributed by atoms with Gasteiger partial charge in [0.15, 0.2) is 25.2 Å². The van der Waals surface area contributed by atoms with Gasteiger partial charge in [-0.15, -0.1) is 0 Å². The van der Waals surface area contributed by atoms with Crippen LogP contribution in [0.25, 0.3) is 0 Å². The van der Waals surface area contributed by atoms with Crippen molar-refractivity contribution in [3.8, 4) is 0 Å². The summed E-state index contributed by atoms with van der Waals surface area (Å²) in [5.41, 5.74) is -1.46. The minimum absolute atomic E-state index is 0.0838. The fourth-order valence-electron chi connectivity index (χ4n) is 17.5. The van der Waals surface area contributed by atoms with Crippen LogP contribution >= 0.6 is 0 Å². The molecule has 4 saturated carbocycles. The van der Waals surface area contributed by atoms with Crippen LogP contribution in [0.4, 0.5) is 0 Å². The van der Waals surface area contributed by atoms with E-state index in [0.717, 1.165) is 38.7 Å². The van der Waals surface area contributed by atoms with Crippen LogP contribution in [0.15, 0.2) is 12.2 Å². The summed E-state index contributed by atoms with van der Waals surface area (Å²) in [5.74, 6) is -0.816. The zero-order valence-electron chi connectivity index (χ0n) is 44.5. The van der Waals surface area contributed by atoms with Crippen LogP contribution in [-0.4, -0.2) is 221 Å². The maximum absolute atomic E-state index is 11.8. The summed E-state index contributed by atoms with van der Waals surface area (Å²) in [5, 5.41) is 143. The molecule has 0 aromatic rings. The molecule has 5 aliphatic carbocycles. The van der Waals surface area contributed by atoms with E-state index in [9.17, 15) is 66.4 Å². The van der Waals surface area contributed by atoms with Crippen LogP contribution in [0.2, 0.25) is 0 Å². The highest BCUT2D eigenvalue weighted by molar-refractivity contribution is 5.35. The third kappa shape index (κ3) is 8.64. The SMILES string of the molecule is C[C@@H]1O[C@@H](O[C@H]2[C@H](O)[C@@H](O)[C@H](O[C@H]3[C@@H](O)[C@@H](O)O[C@@H](O[C@H]4CC[C@@]5(C)[C@@H](CC[C@]6(C)[C@@H]5C=C[C@@]57OC[C@@]8(CCC(C)(C)C[C@H]85)CC[C@@]67C)[C@]4(C)CO)[C@@H]3C[C@@H]3O[C@H](CO)[C@@H](O)[C@@H](O)[C@@H]3O)O[C@@H]2CO)[C@H](O)[C@H](O)[C@H]1O. The van der Waals surface area contributed by atoms with Crippen molar-refractivity contribution in [2.45, 2.75) is 241 Å². The molecule has 0 unspecified atom stereocenters. The van der Waals surface area contributed by atoms with Crippen LogP contribution in [0.3, 0.4) is 0 Å². The summed E-state index contributed by atoms with van der Waals surface area (Å²) in [6, 6.07) is 0. The van der Waals surface area contributed by atoms with E-state index in [1.165, 1.54) is 19.8 Å². The van der Waals surface area contributed by atoms with Gasteiger partial charge < -0.3 is 104 Å².